The Bertz CT molecular complexity index is 1860. The highest BCUT2D eigenvalue weighted by Crippen LogP contribution is 2.23. The van der Waals surface area contributed by atoms with E-state index < -0.39 is 0 Å². The molecule has 0 aliphatic rings. The van der Waals surface area contributed by atoms with Gasteiger partial charge in [-0.15, -0.1) is 5.10 Å². The Morgan fingerprint density at radius 3 is 2.83 bits per heavy atom. The maximum atomic E-state index is 12.8. The fraction of sp³-hybridized carbons (Fsp3) is 0.207. The van der Waals surface area contributed by atoms with Gasteiger partial charge in [0.1, 0.15) is 23.9 Å². The summed E-state index contributed by atoms with van der Waals surface area (Å²) in [6.07, 6.45) is 0. The van der Waals surface area contributed by atoms with Crippen LogP contribution >= 0.6 is 0 Å². The number of nitrogens with one attached hydrogen (secondary N) is 1. The van der Waals surface area contributed by atoms with Crippen molar-refractivity contribution in [3.8, 4) is 22.9 Å². The summed E-state index contributed by atoms with van der Waals surface area (Å²) in [7, 11) is 0. The standard InChI is InChI=1S/C29H27N7O4/c1-2-39-13-12-35-26-9-4-3-8-25(26)30-27(35)18-40-22-7-5-6-19(14-22)17-36-28(32-33-34-36)23-16-20-15-21(37)10-11-24(20)31-29(23)38/h3-11,14-16,37H,2,12-13,17-18H2,1H3,(H,31,38). The molecule has 0 unspecified atom stereocenters. The molecule has 3 aromatic carbocycles. The average molecular weight is 538 g/mol. The first-order valence-corrected chi connectivity index (χ1v) is 13.0. The van der Waals surface area contributed by atoms with E-state index in [4.69, 9.17) is 14.5 Å². The van der Waals surface area contributed by atoms with Gasteiger partial charge in [0.15, 0.2) is 5.82 Å². The number of ether oxygens (including phenoxy) is 2. The topological polar surface area (TPSA) is 133 Å². The van der Waals surface area contributed by atoms with Gasteiger partial charge in [0, 0.05) is 24.1 Å². The van der Waals surface area contributed by atoms with Crippen molar-refractivity contribution in [2.75, 3.05) is 13.2 Å². The van der Waals surface area contributed by atoms with Crippen LogP contribution < -0.4 is 10.3 Å². The molecule has 2 N–H and O–H groups in total. The number of rotatable bonds is 10. The zero-order valence-corrected chi connectivity index (χ0v) is 21.8. The van der Waals surface area contributed by atoms with Gasteiger partial charge in [-0.25, -0.2) is 9.67 Å². The Labute approximate surface area is 228 Å². The van der Waals surface area contributed by atoms with Gasteiger partial charge in [0.05, 0.1) is 29.7 Å². The molecule has 0 spiro atoms. The first-order valence-electron chi connectivity index (χ1n) is 13.0. The summed E-state index contributed by atoms with van der Waals surface area (Å²) < 4.78 is 15.4. The fourth-order valence-electron chi connectivity index (χ4n) is 4.70. The van der Waals surface area contributed by atoms with E-state index in [1.807, 2.05) is 55.5 Å². The molecular weight excluding hydrogens is 510 g/mol. The Kier molecular flexibility index (Phi) is 6.94. The molecule has 11 nitrogen and oxygen atoms in total. The van der Waals surface area contributed by atoms with Crippen LogP contribution in [0.3, 0.4) is 0 Å². The largest absolute Gasteiger partial charge is 0.508 e. The van der Waals surface area contributed by atoms with Crippen molar-refractivity contribution in [3.63, 3.8) is 0 Å². The van der Waals surface area contributed by atoms with Crippen molar-refractivity contribution in [1.82, 2.24) is 34.7 Å². The first-order chi connectivity index (χ1) is 19.6. The second-order valence-electron chi connectivity index (χ2n) is 9.25. The number of fused-ring (bicyclic) bond motifs is 2. The number of aromatic amines is 1. The van der Waals surface area contributed by atoms with Gasteiger partial charge in [0.2, 0.25) is 0 Å². The number of imidazole rings is 1. The lowest BCUT2D eigenvalue weighted by Crippen LogP contribution is -2.13. The van der Waals surface area contributed by atoms with Crippen molar-refractivity contribution >= 4 is 21.9 Å². The summed E-state index contributed by atoms with van der Waals surface area (Å²) in [4.78, 5) is 20.4. The molecule has 6 rings (SSSR count). The van der Waals surface area contributed by atoms with Crippen molar-refractivity contribution in [2.24, 2.45) is 0 Å². The predicted octanol–water partition coefficient (Wildman–Crippen LogP) is 3.90. The van der Waals surface area contributed by atoms with Gasteiger partial charge in [-0.2, -0.15) is 0 Å². The number of hydrogen-bond acceptors (Lipinski definition) is 8. The van der Waals surface area contributed by atoms with Crippen molar-refractivity contribution in [2.45, 2.75) is 26.6 Å². The number of phenols is 1. The van der Waals surface area contributed by atoms with Gasteiger partial charge < -0.3 is 24.1 Å². The number of nitrogens with zero attached hydrogens (tertiary/aromatic N) is 6. The van der Waals surface area contributed by atoms with Crippen LogP contribution in [0.4, 0.5) is 0 Å². The molecule has 202 valence electrons. The number of phenolic OH excluding ortho intramolecular Hbond substituents is 1. The first kappa shape index (κ1) is 25.3. The van der Waals surface area contributed by atoms with E-state index in [1.165, 1.54) is 6.07 Å². The molecule has 3 aromatic heterocycles. The molecule has 0 saturated heterocycles. The third kappa shape index (κ3) is 5.14. The van der Waals surface area contributed by atoms with Crippen LogP contribution in [0.5, 0.6) is 11.5 Å². The SMILES string of the molecule is CCOCCn1c(COc2cccc(Cn3nnnc3-c3cc4cc(O)ccc4[nH]c3=O)c2)nc2ccccc21. The summed E-state index contributed by atoms with van der Waals surface area (Å²) in [5, 5.41) is 22.5. The third-order valence-corrected chi connectivity index (χ3v) is 6.60. The minimum atomic E-state index is -0.321. The van der Waals surface area contributed by atoms with E-state index in [2.05, 4.69) is 25.1 Å². The second-order valence-corrected chi connectivity index (χ2v) is 9.25. The summed E-state index contributed by atoms with van der Waals surface area (Å²) >= 11 is 0. The van der Waals surface area contributed by atoms with Gasteiger partial charge in [-0.1, -0.05) is 24.3 Å². The molecule has 0 saturated carbocycles. The van der Waals surface area contributed by atoms with E-state index in [9.17, 15) is 9.90 Å². The lowest BCUT2D eigenvalue weighted by atomic mass is 10.1. The summed E-state index contributed by atoms with van der Waals surface area (Å²) in [6.45, 7) is 4.53. The van der Waals surface area contributed by atoms with Gasteiger partial charge in [-0.3, -0.25) is 4.79 Å². The van der Waals surface area contributed by atoms with E-state index in [1.54, 1.807) is 22.9 Å². The highest BCUT2D eigenvalue weighted by Gasteiger charge is 2.15. The van der Waals surface area contributed by atoms with Crippen LogP contribution in [-0.4, -0.2) is 53.1 Å². The lowest BCUT2D eigenvalue weighted by molar-refractivity contribution is 0.138. The van der Waals surface area contributed by atoms with Crippen LogP contribution in [0, 0.1) is 0 Å². The van der Waals surface area contributed by atoms with E-state index in [0.717, 1.165) is 22.4 Å². The molecular formula is C29H27N7O4. The van der Waals surface area contributed by atoms with Crippen LogP contribution in [0.25, 0.3) is 33.3 Å². The van der Waals surface area contributed by atoms with Crippen molar-refractivity contribution in [3.05, 3.63) is 94.5 Å². The Balaban J connectivity index is 1.22. The zero-order valence-electron chi connectivity index (χ0n) is 21.8. The summed E-state index contributed by atoms with van der Waals surface area (Å²) in [6, 6.07) is 22.1. The number of aromatic hydroxyl groups is 1. The summed E-state index contributed by atoms with van der Waals surface area (Å²) in [5.74, 6) is 1.91. The molecule has 0 aliphatic carbocycles. The molecule has 40 heavy (non-hydrogen) atoms. The zero-order chi connectivity index (χ0) is 27.5. The molecule has 11 heteroatoms. The van der Waals surface area contributed by atoms with E-state index >= 15 is 0 Å². The fourth-order valence-corrected chi connectivity index (χ4v) is 4.70. The maximum absolute atomic E-state index is 12.8. The van der Waals surface area contributed by atoms with Crippen LogP contribution in [0.15, 0.2) is 77.6 Å². The number of hydrogen-bond donors (Lipinski definition) is 2. The molecule has 0 fully saturated rings. The number of pyridine rings is 1. The van der Waals surface area contributed by atoms with Crippen LogP contribution in [-0.2, 0) is 24.4 Å². The molecule has 0 radical (unpaired) electrons. The minimum absolute atomic E-state index is 0.103. The smallest absolute Gasteiger partial charge is 0.259 e. The highest BCUT2D eigenvalue weighted by molar-refractivity contribution is 5.83. The summed E-state index contributed by atoms with van der Waals surface area (Å²) in [5.41, 5.74) is 3.45. The molecule has 0 atom stereocenters. The molecule has 0 aliphatic heterocycles. The number of aromatic nitrogens is 7. The predicted molar refractivity (Wildman–Crippen MR) is 149 cm³/mol. The van der Waals surface area contributed by atoms with Gasteiger partial charge >= 0.3 is 0 Å². The molecule has 0 bridgehead atoms. The maximum Gasteiger partial charge on any atom is 0.259 e. The number of tetrazole rings is 1. The van der Waals surface area contributed by atoms with E-state index in [0.29, 0.717) is 61.0 Å². The third-order valence-electron chi connectivity index (χ3n) is 6.60. The number of H-pyrrole nitrogens is 1. The molecule has 0 amide bonds. The van der Waals surface area contributed by atoms with Gasteiger partial charge in [-0.05, 0) is 71.4 Å². The minimum Gasteiger partial charge on any atom is -0.508 e. The normalized spacial score (nSPS) is 11.4. The van der Waals surface area contributed by atoms with Gasteiger partial charge in [0.25, 0.3) is 5.56 Å². The lowest BCUT2D eigenvalue weighted by Gasteiger charge is -2.11. The highest BCUT2D eigenvalue weighted by atomic mass is 16.5. The monoisotopic (exact) mass is 537 g/mol. The van der Waals surface area contributed by atoms with Crippen molar-refractivity contribution in [1.29, 1.82) is 0 Å². The number of para-hydroxylation sites is 2. The number of benzene rings is 3. The average Bonchev–Trinajstić information content (AvgIpc) is 3.56. The Morgan fingerprint density at radius 1 is 1.02 bits per heavy atom. The van der Waals surface area contributed by atoms with Crippen molar-refractivity contribution < 1.29 is 14.6 Å². The van der Waals surface area contributed by atoms with E-state index in [-0.39, 0.29) is 11.3 Å². The Hall–Kier alpha value is -5.03. The quantitative estimate of drug-likeness (QED) is 0.252. The molecule has 6 aromatic rings. The Morgan fingerprint density at radius 2 is 1.93 bits per heavy atom. The second kappa shape index (κ2) is 11.0. The molecule has 3 heterocycles. The van der Waals surface area contributed by atoms with Crippen LogP contribution in [0.1, 0.15) is 18.3 Å². The van der Waals surface area contributed by atoms with Crippen LogP contribution in [0.2, 0.25) is 0 Å².